The first-order valence-corrected chi connectivity index (χ1v) is 7.80. The zero-order valence-corrected chi connectivity index (χ0v) is 13.0. The number of thioether (sulfide) groups is 1. The van der Waals surface area contributed by atoms with E-state index < -0.39 is 0 Å². The van der Waals surface area contributed by atoms with Gasteiger partial charge in [0.05, 0.1) is 5.75 Å². The van der Waals surface area contributed by atoms with E-state index in [0.717, 1.165) is 17.0 Å². The highest BCUT2D eigenvalue weighted by molar-refractivity contribution is 7.98. The highest BCUT2D eigenvalue weighted by Crippen LogP contribution is 2.22. The molecule has 0 unspecified atom stereocenters. The van der Waals surface area contributed by atoms with Crippen LogP contribution in [0.5, 0.6) is 0 Å². The van der Waals surface area contributed by atoms with Crippen molar-refractivity contribution in [3.05, 3.63) is 52.8 Å². The van der Waals surface area contributed by atoms with Crippen molar-refractivity contribution < 1.29 is 4.39 Å². The lowest BCUT2D eigenvalue weighted by Crippen LogP contribution is -2.02. The van der Waals surface area contributed by atoms with Crippen molar-refractivity contribution in [3.63, 3.8) is 0 Å². The van der Waals surface area contributed by atoms with Gasteiger partial charge >= 0.3 is 0 Å². The molecule has 1 aromatic heterocycles. The summed E-state index contributed by atoms with van der Waals surface area (Å²) >= 11 is 7.59. The van der Waals surface area contributed by atoms with Crippen molar-refractivity contribution in [1.29, 1.82) is 0 Å². The van der Waals surface area contributed by atoms with Gasteiger partial charge in [-0.3, -0.25) is 0 Å². The van der Waals surface area contributed by atoms with Gasteiger partial charge in [0.2, 0.25) is 0 Å². The zero-order chi connectivity index (χ0) is 14.5. The van der Waals surface area contributed by atoms with Gasteiger partial charge < -0.3 is 0 Å². The van der Waals surface area contributed by atoms with E-state index in [2.05, 4.69) is 23.8 Å². The first-order valence-electron chi connectivity index (χ1n) is 6.43. The smallest absolute Gasteiger partial charge is 0.140 e. The SMILES string of the molecule is CC(C)Cc1cc(Cl)nc(CSc2ccc(F)cc2)n1. The van der Waals surface area contributed by atoms with E-state index in [9.17, 15) is 4.39 Å². The second-order valence-corrected chi connectivity index (χ2v) is 6.37. The molecule has 0 aliphatic rings. The molecule has 0 N–H and O–H groups in total. The summed E-state index contributed by atoms with van der Waals surface area (Å²) in [4.78, 5) is 9.74. The average Bonchev–Trinajstić information content (AvgIpc) is 2.36. The van der Waals surface area contributed by atoms with Crippen LogP contribution in [0, 0.1) is 11.7 Å². The summed E-state index contributed by atoms with van der Waals surface area (Å²) in [6, 6.07) is 8.21. The number of nitrogens with zero attached hydrogens (tertiary/aromatic N) is 2. The fourth-order valence-electron chi connectivity index (χ4n) is 1.78. The highest BCUT2D eigenvalue weighted by Gasteiger charge is 2.06. The average molecular weight is 311 g/mol. The minimum absolute atomic E-state index is 0.229. The first-order chi connectivity index (χ1) is 9.52. The minimum Gasteiger partial charge on any atom is -0.237 e. The molecule has 2 aromatic rings. The van der Waals surface area contributed by atoms with Gasteiger partial charge in [0.25, 0.3) is 0 Å². The molecule has 5 heteroatoms. The van der Waals surface area contributed by atoms with Crippen molar-refractivity contribution in [1.82, 2.24) is 9.97 Å². The molecule has 1 heterocycles. The third-order valence-corrected chi connectivity index (χ3v) is 3.79. The van der Waals surface area contributed by atoms with Crippen LogP contribution in [-0.2, 0) is 12.2 Å². The Morgan fingerprint density at radius 3 is 2.55 bits per heavy atom. The maximum absolute atomic E-state index is 12.8. The molecule has 0 radical (unpaired) electrons. The predicted molar refractivity (Wildman–Crippen MR) is 81.5 cm³/mol. The summed E-state index contributed by atoms with van der Waals surface area (Å²) < 4.78 is 12.8. The fourth-order valence-corrected chi connectivity index (χ4v) is 2.76. The van der Waals surface area contributed by atoms with Crippen molar-refractivity contribution >= 4 is 23.4 Å². The Balaban J connectivity index is 2.05. The number of rotatable bonds is 5. The van der Waals surface area contributed by atoms with E-state index in [-0.39, 0.29) is 5.82 Å². The van der Waals surface area contributed by atoms with Crippen LogP contribution in [-0.4, -0.2) is 9.97 Å². The molecule has 2 rings (SSSR count). The fraction of sp³-hybridized carbons (Fsp3) is 0.333. The van der Waals surface area contributed by atoms with Gasteiger partial charge in [-0.15, -0.1) is 11.8 Å². The van der Waals surface area contributed by atoms with Crippen molar-refractivity contribution in [2.24, 2.45) is 5.92 Å². The minimum atomic E-state index is -0.229. The molecule has 0 saturated carbocycles. The van der Waals surface area contributed by atoms with E-state index in [1.807, 2.05) is 6.07 Å². The molecule has 0 aliphatic carbocycles. The van der Waals surface area contributed by atoms with E-state index in [1.165, 1.54) is 12.1 Å². The third-order valence-electron chi connectivity index (χ3n) is 2.59. The van der Waals surface area contributed by atoms with Gasteiger partial charge in [-0.2, -0.15) is 0 Å². The Morgan fingerprint density at radius 2 is 1.90 bits per heavy atom. The van der Waals surface area contributed by atoms with E-state index in [0.29, 0.717) is 22.6 Å². The Morgan fingerprint density at radius 1 is 1.20 bits per heavy atom. The van der Waals surface area contributed by atoms with Crippen LogP contribution in [0.2, 0.25) is 5.15 Å². The largest absolute Gasteiger partial charge is 0.237 e. The molecule has 0 spiro atoms. The van der Waals surface area contributed by atoms with Crippen LogP contribution in [0.1, 0.15) is 25.4 Å². The molecule has 1 aromatic carbocycles. The van der Waals surface area contributed by atoms with E-state index >= 15 is 0 Å². The summed E-state index contributed by atoms with van der Waals surface area (Å²) in [5.74, 6) is 1.63. The molecular weight excluding hydrogens is 295 g/mol. The lowest BCUT2D eigenvalue weighted by atomic mass is 10.1. The highest BCUT2D eigenvalue weighted by atomic mass is 35.5. The monoisotopic (exact) mass is 310 g/mol. The van der Waals surface area contributed by atoms with Gasteiger partial charge in [-0.05, 0) is 42.7 Å². The Bertz CT molecular complexity index is 573. The molecule has 20 heavy (non-hydrogen) atoms. The second-order valence-electron chi connectivity index (χ2n) is 4.94. The standard InChI is InChI=1S/C15H16ClFN2S/c1-10(2)7-12-8-14(16)19-15(18-12)9-20-13-5-3-11(17)4-6-13/h3-6,8,10H,7,9H2,1-2H3. The number of hydrogen-bond donors (Lipinski definition) is 0. The van der Waals surface area contributed by atoms with E-state index in [4.69, 9.17) is 11.6 Å². The maximum atomic E-state index is 12.8. The molecule has 0 atom stereocenters. The van der Waals surface area contributed by atoms with Crippen molar-refractivity contribution in [2.45, 2.75) is 30.9 Å². The van der Waals surface area contributed by atoms with Gasteiger partial charge in [-0.25, -0.2) is 14.4 Å². The quantitative estimate of drug-likeness (QED) is 0.588. The van der Waals surface area contributed by atoms with Crippen LogP contribution in [0.4, 0.5) is 4.39 Å². The van der Waals surface area contributed by atoms with Crippen LogP contribution in [0.25, 0.3) is 0 Å². The molecule has 0 bridgehead atoms. The third kappa shape index (κ3) is 4.76. The van der Waals surface area contributed by atoms with E-state index in [1.54, 1.807) is 23.9 Å². The first kappa shape index (κ1) is 15.3. The molecular formula is C15H16ClFN2S. The lowest BCUT2D eigenvalue weighted by molar-refractivity contribution is 0.626. The Kier molecular flexibility index (Phi) is 5.38. The number of benzene rings is 1. The van der Waals surface area contributed by atoms with Gasteiger partial charge in [0.1, 0.15) is 16.8 Å². The van der Waals surface area contributed by atoms with Gasteiger partial charge in [-0.1, -0.05) is 25.4 Å². The van der Waals surface area contributed by atoms with Gasteiger partial charge in [0, 0.05) is 10.6 Å². The zero-order valence-electron chi connectivity index (χ0n) is 11.4. The molecule has 0 aliphatic heterocycles. The normalized spacial score (nSPS) is 11.1. The lowest BCUT2D eigenvalue weighted by Gasteiger charge is -2.07. The maximum Gasteiger partial charge on any atom is 0.140 e. The number of halogens is 2. The summed E-state index contributed by atoms with van der Waals surface area (Å²) in [5.41, 5.74) is 0.967. The number of aromatic nitrogens is 2. The van der Waals surface area contributed by atoms with Crippen LogP contribution in [0.3, 0.4) is 0 Å². The second kappa shape index (κ2) is 7.04. The predicted octanol–water partition coefficient (Wildman–Crippen LogP) is 4.76. The summed E-state index contributed by atoms with van der Waals surface area (Å²) in [7, 11) is 0. The van der Waals surface area contributed by atoms with Crippen LogP contribution < -0.4 is 0 Å². The van der Waals surface area contributed by atoms with Gasteiger partial charge in [0.15, 0.2) is 0 Å². The molecule has 0 amide bonds. The summed E-state index contributed by atoms with van der Waals surface area (Å²) in [6.45, 7) is 4.28. The number of hydrogen-bond acceptors (Lipinski definition) is 3. The molecule has 106 valence electrons. The summed E-state index contributed by atoms with van der Waals surface area (Å²) in [6.07, 6.45) is 0.885. The molecule has 0 fully saturated rings. The summed E-state index contributed by atoms with van der Waals surface area (Å²) in [5, 5.41) is 0.477. The Hall–Kier alpha value is -1.13. The Labute approximate surface area is 127 Å². The molecule has 2 nitrogen and oxygen atoms in total. The molecule has 0 saturated heterocycles. The van der Waals surface area contributed by atoms with Crippen molar-refractivity contribution in [2.75, 3.05) is 0 Å². The van der Waals surface area contributed by atoms with Crippen molar-refractivity contribution in [3.8, 4) is 0 Å². The van der Waals surface area contributed by atoms with Crippen LogP contribution in [0.15, 0.2) is 35.2 Å². The van der Waals surface area contributed by atoms with Crippen LogP contribution >= 0.6 is 23.4 Å². The topological polar surface area (TPSA) is 25.8 Å².